The van der Waals surface area contributed by atoms with Crippen LogP contribution in [0.5, 0.6) is 5.75 Å². The summed E-state index contributed by atoms with van der Waals surface area (Å²) in [5.74, 6) is 0.739. The van der Waals surface area contributed by atoms with Gasteiger partial charge >= 0.3 is 0 Å². The molecule has 0 saturated carbocycles. The third kappa shape index (κ3) is 5.20. The third-order valence-electron chi connectivity index (χ3n) is 5.23. The van der Waals surface area contributed by atoms with E-state index in [4.69, 9.17) is 9.47 Å². The lowest BCUT2D eigenvalue weighted by molar-refractivity contribution is -0.132. The first kappa shape index (κ1) is 19.6. The van der Waals surface area contributed by atoms with E-state index >= 15 is 0 Å². The van der Waals surface area contributed by atoms with Crippen molar-refractivity contribution in [3.8, 4) is 5.75 Å². The van der Waals surface area contributed by atoms with Gasteiger partial charge in [0.25, 0.3) is 5.91 Å². The van der Waals surface area contributed by atoms with Crippen LogP contribution in [0.25, 0.3) is 0 Å². The smallest absolute Gasteiger partial charge is 0.257 e. The van der Waals surface area contributed by atoms with Gasteiger partial charge in [0.1, 0.15) is 5.75 Å². The zero-order valence-corrected chi connectivity index (χ0v) is 16.1. The number of methoxy groups -OCH3 is 1. The molecule has 1 aromatic carbocycles. The summed E-state index contributed by atoms with van der Waals surface area (Å²) in [6.07, 6.45) is 1.44. The van der Waals surface area contributed by atoms with Crippen LogP contribution in [-0.2, 0) is 9.53 Å². The average molecular weight is 375 g/mol. The van der Waals surface area contributed by atoms with Gasteiger partial charge in [-0.25, -0.2) is 0 Å². The highest BCUT2D eigenvalue weighted by atomic mass is 16.5. The predicted octanol–water partition coefficient (Wildman–Crippen LogP) is 1.09. The Morgan fingerprint density at radius 3 is 2.37 bits per heavy atom. The van der Waals surface area contributed by atoms with E-state index < -0.39 is 0 Å². The highest BCUT2D eigenvalue weighted by Crippen LogP contribution is 2.20. The Kier molecular flexibility index (Phi) is 7.06. The number of morpholine rings is 1. The topological polar surface area (TPSA) is 62.3 Å². The maximum atomic E-state index is 12.7. The molecule has 0 radical (unpaired) electrons. The van der Waals surface area contributed by atoms with E-state index in [9.17, 15) is 9.59 Å². The molecule has 2 fully saturated rings. The van der Waals surface area contributed by atoms with Gasteiger partial charge < -0.3 is 19.3 Å². The summed E-state index contributed by atoms with van der Waals surface area (Å²) in [7, 11) is 1.57. The highest BCUT2D eigenvalue weighted by Gasteiger charge is 2.26. The van der Waals surface area contributed by atoms with Gasteiger partial charge in [0, 0.05) is 45.7 Å². The van der Waals surface area contributed by atoms with Gasteiger partial charge in [-0.2, -0.15) is 0 Å². The maximum Gasteiger partial charge on any atom is 0.257 e. The van der Waals surface area contributed by atoms with Crippen LogP contribution in [0.3, 0.4) is 0 Å². The fourth-order valence-electron chi connectivity index (χ4n) is 3.59. The maximum absolute atomic E-state index is 12.7. The summed E-state index contributed by atoms with van der Waals surface area (Å²) in [5.41, 5.74) is 0.574. The average Bonchev–Trinajstić information content (AvgIpc) is 2.74. The minimum atomic E-state index is -0.0353. The quantitative estimate of drug-likeness (QED) is 0.745. The molecule has 2 saturated heterocycles. The Hall–Kier alpha value is -2.12. The molecule has 7 heteroatoms. The molecule has 2 aliphatic rings. The van der Waals surface area contributed by atoms with E-state index in [0.717, 1.165) is 39.3 Å². The first-order chi connectivity index (χ1) is 13.2. The summed E-state index contributed by atoms with van der Waals surface area (Å²) in [6, 6.07) is 7.26. The summed E-state index contributed by atoms with van der Waals surface area (Å²) in [4.78, 5) is 31.2. The van der Waals surface area contributed by atoms with Crippen molar-refractivity contribution in [3.63, 3.8) is 0 Å². The van der Waals surface area contributed by atoms with Gasteiger partial charge in [-0.15, -0.1) is 0 Å². The van der Waals surface area contributed by atoms with Crippen molar-refractivity contribution in [2.75, 3.05) is 66.1 Å². The Labute approximate surface area is 160 Å². The van der Waals surface area contributed by atoms with Crippen LogP contribution in [-0.4, -0.2) is 92.7 Å². The van der Waals surface area contributed by atoms with Crippen LogP contribution in [0.2, 0.25) is 0 Å². The number of piperazine rings is 1. The Balaban J connectivity index is 1.42. The standard InChI is InChI=1S/C20H29N3O4/c1-26-18-6-3-2-5-17(18)20(25)23-11-9-22(10-12-23)19(24)7-4-8-21-13-15-27-16-14-21/h2-3,5-6H,4,7-16H2,1H3. The van der Waals surface area contributed by atoms with Crippen molar-refractivity contribution in [2.24, 2.45) is 0 Å². The van der Waals surface area contributed by atoms with E-state index in [1.54, 1.807) is 24.1 Å². The molecule has 2 heterocycles. The van der Waals surface area contributed by atoms with Crippen molar-refractivity contribution in [1.82, 2.24) is 14.7 Å². The van der Waals surface area contributed by atoms with Gasteiger partial charge in [-0.1, -0.05) is 12.1 Å². The first-order valence-electron chi connectivity index (χ1n) is 9.69. The largest absolute Gasteiger partial charge is 0.496 e. The molecule has 2 aliphatic heterocycles. The number of carbonyl (C=O) groups excluding carboxylic acids is 2. The Morgan fingerprint density at radius 1 is 1.00 bits per heavy atom. The van der Waals surface area contributed by atoms with E-state index in [2.05, 4.69) is 4.90 Å². The second kappa shape index (κ2) is 9.71. The lowest BCUT2D eigenvalue weighted by atomic mass is 10.1. The summed E-state index contributed by atoms with van der Waals surface area (Å²) in [6.45, 7) is 6.75. The van der Waals surface area contributed by atoms with Crippen molar-refractivity contribution in [1.29, 1.82) is 0 Å². The fourth-order valence-corrected chi connectivity index (χ4v) is 3.59. The molecule has 0 N–H and O–H groups in total. The molecule has 0 aromatic heterocycles. The Morgan fingerprint density at radius 2 is 1.67 bits per heavy atom. The van der Waals surface area contributed by atoms with Gasteiger partial charge in [0.15, 0.2) is 0 Å². The number of hydrogen-bond donors (Lipinski definition) is 0. The number of para-hydroxylation sites is 1. The van der Waals surface area contributed by atoms with Crippen molar-refractivity contribution in [2.45, 2.75) is 12.8 Å². The number of rotatable bonds is 6. The zero-order valence-electron chi connectivity index (χ0n) is 16.1. The second-order valence-electron chi connectivity index (χ2n) is 6.93. The van der Waals surface area contributed by atoms with Crippen LogP contribution < -0.4 is 4.74 Å². The van der Waals surface area contributed by atoms with Crippen LogP contribution in [0.15, 0.2) is 24.3 Å². The van der Waals surface area contributed by atoms with Crippen molar-refractivity contribution < 1.29 is 19.1 Å². The third-order valence-corrected chi connectivity index (χ3v) is 5.23. The molecule has 2 amide bonds. The number of nitrogens with zero attached hydrogens (tertiary/aromatic N) is 3. The molecule has 0 unspecified atom stereocenters. The van der Waals surface area contributed by atoms with Gasteiger partial charge in [0.2, 0.25) is 5.91 Å². The molecule has 0 aliphatic carbocycles. The van der Waals surface area contributed by atoms with Gasteiger partial charge in [0.05, 0.1) is 25.9 Å². The lowest BCUT2D eigenvalue weighted by Gasteiger charge is -2.35. The normalized spacial score (nSPS) is 18.4. The lowest BCUT2D eigenvalue weighted by Crippen LogP contribution is -2.50. The summed E-state index contributed by atoms with van der Waals surface area (Å²) >= 11 is 0. The number of benzene rings is 1. The molecule has 0 bridgehead atoms. The summed E-state index contributed by atoms with van der Waals surface area (Å²) < 4.78 is 10.6. The minimum Gasteiger partial charge on any atom is -0.496 e. The summed E-state index contributed by atoms with van der Waals surface area (Å²) in [5, 5.41) is 0. The molecule has 27 heavy (non-hydrogen) atoms. The van der Waals surface area contributed by atoms with Gasteiger partial charge in [-0.05, 0) is 25.1 Å². The molecule has 148 valence electrons. The van der Waals surface area contributed by atoms with E-state index in [1.807, 2.05) is 17.0 Å². The van der Waals surface area contributed by atoms with Crippen molar-refractivity contribution >= 4 is 11.8 Å². The van der Waals surface area contributed by atoms with Crippen molar-refractivity contribution in [3.05, 3.63) is 29.8 Å². The number of carbonyl (C=O) groups is 2. The highest BCUT2D eigenvalue weighted by molar-refractivity contribution is 5.97. The molecule has 0 atom stereocenters. The van der Waals surface area contributed by atoms with E-state index in [1.165, 1.54) is 0 Å². The molecule has 0 spiro atoms. The number of ether oxygens (including phenoxy) is 2. The monoisotopic (exact) mass is 375 g/mol. The van der Waals surface area contributed by atoms with Crippen LogP contribution in [0.1, 0.15) is 23.2 Å². The second-order valence-corrected chi connectivity index (χ2v) is 6.93. The van der Waals surface area contributed by atoms with Crippen LogP contribution in [0, 0.1) is 0 Å². The first-order valence-corrected chi connectivity index (χ1v) is 9.69. The zero-order chi connectivity index (χ0) is 19.1. The van der Waals surface area contributed by atoms with E-state index in [0.29, 0.717) is 43.9 Å². The van der Waals surface area contributed by atoms with Crippen LogP contribution in [0.4, 0.5) is 0 Å². The fraction of sp³-hybridized carbons (Fsp3) is 0.600. The molecule has 7 nitrogen and oxygen atoms in total. The SMILES string of the molecule is COc1ccccc1C(=O)N1CCN(C(=O)CCCN2CCOCC2)CC1. The molecule has 1 aromatic rings. The molecule has 3 rings (SSSR count). The minimum absolute atomic E-state index is 0.0353. The van der Waals surface area contributed by atoms with Gasteiger partial charge in [-0.3, -0.25) is 14.5 Å². The predicted molar refractivity (Wildman–Crippen MR) is 102 cm³/mol. The molecular formula is C20H29N3O4. The number of hydrogen-bond acceptors (Lipinski definition) is 5. The van der Waals surface area contributed by atoms with E-state index in [-0.39, 0.29) is 11.8 Å². The number of amides is 2. The Bertz CT molecular complexity index is 638. The van der Waals surface area contributed by atoms with Crippen LogP contribution >= 0.6 is 0 Å². The molecular weight excluding hydrogens is 346 g/mol.